The van der Waals surface area contributed by atoms with Gasteiger partial charge in [-0.05, 0) is 42.0 Å². The molecule has 26 heavy (non-hydrogen) atoms. The number of nitriles is 1. The number of nitrogens with one attached hydrogen (secondary N) is 1. The molecule has 0 aliphatic rings. The number of hydrogen-bond acceptors (Lipinski definition) is 3. The molecule has 1 N–H and O–H groups in total. The summed E-state index contributed by atoms with van der Waals surface area (Å²) >= 11 is 5.95. The van der Waals surface area contributed by atoms with Crippen LogP contribution in [0.3, 0.4) is 0 Å². The Balaban J connectivity index is 2.25. The minimum Gasteiger partial charge on any atom is -0.495 e. The van der Waals surface area contributed by atoms with Gasteiger partial charge in [-0.3, -0.25) is 4.79 Å². The number of anilines is 1. The number of amides is 1. The third-order valence-electron chi connectivity index (χ3n) is 3.30. The molecule has 0 spiro atoms. The number of benzene rings is 2. The van der Waals surface area contributed by atoms with Crippen molar-refractivity contribution in [2.75, 3.05) is 12.4 Å². The summed E-state index contributed by atoms with van der Waals surface area (Å²) in [6.45, 7) is 0. The predicted molar refractivity (Wildman–Crippen MR) is 91.7 cm³/mol. The highest BCUT2D eigenvalue weighted by Gasteiger charge is 2.30. The van der Waals surface area contributed by atoms with Gasteiger partial charge in [-0.15, -0.1) is 0 Å². The van der Waals surface area contributed by atoms with Crippen molar-refractivity contribution in [3.05, 3.63) is 64.2 Å². The highest BCUT2D eigenvalue weighted by Crippen LogP contribution is 2.30. The zero-order valence-corrected chi connectivity index (χ0v) is 14.2. The van der Waals surface area contributed by atoms with Crippen molar-refractivity contribution in [2.24, 2.45) is 0 Å². The average Bonchev–Trinajstić information content (AvgIpc) is 2.59. The van der Waals surface area contributed by atoms with E-state index < -0.39 is 17.6 Å². The lowest BCUT2D eigenvalue weighted by Gasteiger charge is -2.08. The van der Waals surface area contributed by atoms with Gasteiger partial charge in [0.15, 0.2) is 0 Å². The van der Waals surface area contributed by atoms with Crippen LogP contribution in [0.4, 0.5) is 18.9 Å². The molecule has 0 fully saturated rings. The van der Waals surface area contributed by atoms with Crippen molar-refractivity contribution in [3.63, 3.8) is 0 Å². The first-order valence-corrected chi connectivity index (χ1v) is 7.56. The fourth-order valence-corrected chi connectivity index (χ4v) is 2.32. The lowest BCUT2D eigenvalue weighted by Crippen LogP contribution is -2.13. The van der Waals surface area contributed by atoms with Gasteiger partial charge in [-0.25, -0.2) is 0 Å². The first-order valence-electron chi connectivity index (χ1n) is 7.18. The van der Waals surface area contributed by atoms with Gasteiger partial charge in [0, 0.05) is 5.69 Å². The van der Waals surface area contributed by atoms with Crippen LogP contribution in [0.2, 0.25) is 5.02 Å². The van der Waals surface area contributed by atoms with Crippen LogP contribution < -0.4 is 10.1 Å². The van der Waals surface area contributed by atoms with E-state index in [-0.39, 0.29) is 16.2 Å². The van der Waals surface area contributed by atoms with Gasteiger partial charge >= 0.3 is 6.18 Å². The maximum Gasteiger partial charge on any atom is 0.416 e. The van der Waals surface area contributed by atoms with E-state index in [1.54, 1.807) is 6.07 Å². The van der Waals surface area contributed by atoms with E-state index >= 15 is 0 Å². The molecule has 0 unspecified atom stereocenters. The average molecular weight is 381 g/mol. The topological polar surface area (TPSA) is 62.1 Å². The Morgan fingerprint density at radius 1 is 1.27 bits per heavy atom. The van der Waals surface area contributed by atoms with Gasteiger partial charge in [0.2, 0.25) is 0 Å². The molecular formula is C18H12ClF3N2O2. The van der Waals surface area contributed by atoms with Crippen molar-refractivity contribution in [1.29, 1.82) is 5.26 Å². The molecule has 2 aromatic rings. The summed E-state index contributed by atoms with van der Waals surface area (Å²) in [6.07, 6.45) is -3.44. The second kappa shape index (κ2) is 7.93. The van der Waals surface area contributed by atoms with Crippen molar-refractivity contribution in [2.45, 2.75) is 6.18 Å². The molecule has 0 aliphatic heterocycles. The molecule has 8 heteroatoms. The Morgan fingerprint density at radius 2 is 2.00 bits per heavy atom. The molecule has 0 saturated heterocycles. The Kier molecular flexibility index (Phi) is 5.90. The highest BCUT2D eigenvalue weighted by molar-refractivity contribution is 6.32. The number of alkyl halides is 3. The minimum absolute atomic E-state index is 0.0827. The molecule has 4 nitrogen and oxygen atoms in total. The molecule has 0 radical (unpaired) electrons. The lowest BCUT2D eigenvalue weighted by molar-refractivity contribution is -0.137. The normalized spacial score (nSPS) is 11.6. The number of nitrogens with zero attached hydrogens (tertiary/aromatic N) is 1. The van der Waals surface area contributed by atoms with E-state index in [1.807, 2.05) is 0 Å². The minimum atomic E-state index is -4.52. The summed E-state index contributed by atoms with van der Waals surface area (Å²) < 4.78 is 43.2. The van der Waals surface area contributed by atoms with Crippen molar-refractivity contribution >= 4 is 29.3 Å². The van der Waals surface area contributed by atoms with Gasteiger partial charge in [0.1, 0.15) is 17.4 Å². The third kappa shape index (κ3) is 4.77. The summed E-state index contributed by atoms with van der Waals surface area (Å²) in [6, 6.07) is 10.5. The Morgan fingerprint density at radius 3 is 2.58 bits per heavy atom. The van der Waals surface area contributed by atoms with E-state index in [9.17, 15) is 18.0 Å². The maximum atomic E-state index is 12.7. The number of halogens is 4. The van der Waals surface area contributed by atoms with Crippen LogP contribution >= 0.6 is 11.6 Å². The number of carbonyl (C=O) groups is 1. The van der Waals surface area contributed by atoms with E-state index in [2.05, 4.69) is 5.32 Å². The van der Waals surface area contributed by atoms with Crippen molar-refractivity contribution in [3.8, 4) is 11.8 Å². The third-order valence-corrected chi connectivity index (χ3v) is 3.60. The quantitative estimate of drug-likeness (QED) is 0.605. The molecule has 0 atom stereocenters. The van der Waals surface area contributed by atoms with E-state index in [0.717, 1.165) is 18.2 Å². The fourth-order valence-electron chi connectivity index (χ4n) is 2.06. The molecule has 1 amide bonds. The van der Waals surface area contributed by atoms with E-state index in [1.165, 1.54) is 37.4 Å². The summed E-state index contributed by atoms with van der Waals surface area (Å²) in [5, 5.41) is 11.9. The lowest BCUT2D eigenvalue weighted by atomic mass is 10.1. The van der Waals surface area contributed by atoms with Crippen LogP contribution in [0.15, 0.2) is 48.0 Å². The van der Waals surface area contributed by atoms with Crippen LogP contribution in [0.25, 0.3) is 6.08 Å². The second-order valence-electron chi connectivity index (χ2n) is 5.10. The molecule has 134 valence electrons. The van der Waals surface area contributed by atoms with E-state index in [4.69, 9.17) is 21.6 Å². The molecule has 0 bridgehead atoms. The first-order chi connectivity index (χ1) is 12.2. The standard InChI is InChI=1S/C18H12ClF3N2O2/c1-26-16-6-5-14(9-15(16)19)24-17(25)12(10-23)7-11-3-2-4-13(8-11)18(20,21)22/h2-9H,1H3,(H,24,25)/b12-7+. The fraction of sp³-hybridized carbons (Fsp3) is 0.111. The van der Waals surface area contributed by atoms with Gasteiger partial charge in [0.25, 0.3) is 5.91 Å². The van der Waals surface area contributed by atoms with Crippen molar-refractivity contribution in [1.82, 2.24) is 0 Å². The van der Waals surface area contributed by atoms with Crippen LogP contribution in [0, 0.1) is 11.3 Å². The Hall–Kier alpha value is -2.98. The molecule has 2 rings (SSSR count). The molecular weight excluding hydrogens is 369 g/mol. The predicted octanol–water partition coefficient (Wildman–Crippen LogP) is 4.91. The van der Waals surface area contributed by atoms with Gasteiger partial charge in [-0.2, -0.15) is 18.4 Å². The van der Waals surface area contributed by atoms with Gasteiger partial charge in [-0.1, -0.05) is 23.7 Å². The van der Waals surface area contributed by atoms with Gasteiger partial charge in [0.05, 0.1) is 17.7 Å². The van der Waals surface area contributed by atoms with Crippen LogP contribution in [0.5, 0.6) is 5.75 Å². The maximum absolute atomic E-state index is 12.7. The van der Waals surface area contributed by atoms with E-state index in [0.29, 0.717) is 11.4 Å². The smallest absolute Gasteiger partial charge is 0.416 e. The summed E-state index contributed by atoms with van der Waals surface area (Å²) in [5.41, 5.74) is -0.826. The van der Waals surface area contributed by atoms with Crippen molar-refractivity contribution < 1.29 is 22.7 Å². The number of methoxy groups -OCH3 is 1. The summed E-state index contributed by atoms with van der Waals surface area (Å²) in [5.74, 6) is -0.365. The number of hydrogen-bond donors (Lipinski definition) is 1. The van der Waals surface area contributed by atoms with Crippen LogP contribution in [-0.4, -0.2) is 13.0 Å². The molecule has 0 aromatic heterocycles. The number of carbonyl (C=O) groups excluding carboxylic acids is 1. The summed E-state index contributed by atoms with van der Waals surface area (Å²) in [7, 11) is 1.44. The zero-order chi connectivity index (χ0) is 19.3. The van der Waals surface area contributed by atoms with Gasteiger partial charge < -0.3 is 10.1 Å². The Bertz CT molecular complexity index is 902. The van der Waals surface area contributed by atoms with Crippen LogP contribution in [0.1, 0.15) is 11.1 Å². The molecule has 0 saturated carbocycles. The molecule has 0 aliphatic carbocycles. The zero-order valence-electron chi connectivity index (χ0n) is 13.4. The molecule has 0 heterocycles. The van der Waals surface area contributed by atoms with Crippen LogP contribution in [-0.2, 0) is 11.0 Å². The Labute approximate surface area is 152 Å². The number of ether oxygens (including phenoxy) is 1. The summed E-state index contributed by atoms with van der Waals surface area (Å²) in [4.78, 5) is 12.2. The largest absolute Gasteiger partial charge is 0.495 e. The first kappa shape index (κ1) is 19.3. The monoisotopic (exact) mass is 380 g/mol. The second-order valence-corrected chi connectivity index (χ2v) is 5.50. The SMILES string of the molecule is COc1ccc(NC(=O)/C(C#N)=C/c2cccc(C(F)(F)F)c2)cc1Cl. The molecule has 2 aromatic carbocycles. The number of rotatable bonds is 4. The highest BCUT2D eigenvalue weighted by atomic mass is 35.5.